The van der Waals surface area contributed by atoms with Crippen LogP contribution in [0.5, 0.6) is 0 Å². The van der Waals surface area contributed by atoms with Crippen LogP contribution in [0.3, 0.4) is 0 Å². The van der Waals surface area contributed by atoms with Gasteiger partial charge in [0.15, 0.2) is 5.96 Å². The summed E-state index contributed by atoms with van der Waals surface area (Å²) in [7, 11) is 0. The number of carbonyl (C=O) groups excluding carboxylic acids is 13. The molecule has 1 aromatic rings. The predicted octanol–water partition coefficient (Wildman–Crippen LogP) is -11.6. The molecule has 0 radical (unpaired) electrons. The van der Waals surface area contributed by atoms with Gasteiger partial charge in [0.05, 0.1) is 51.5 Å². The minimum atomic E-state index is -1.97. The number of primary amides is 1. The van der Waals surface area contributed by atoms with Gasteiger partial charge >= 0.3 is 11.9 Å². The Hall–Kier alpha value is -9.74. The Morgan fingerprint density at radius 3 is 1.42 bits per heavy atom. The molecule has 14 atom stereocenters. The molecule has 0 unspecified atom stereocenters. The Morgan fingerprint density at radius 2 is 0.928 bits per heavy atom. The molecule has 0 heterocycles. The zero-order chi connectivity index (χ0) is 73.6. The van der Waals surface area contributed by atoms with Crippen LogP contribution in [0.2, 0.25) is 0 Å². The van der Waals surface area contributed by atoms with E-state index in [2.05, 4.69) is 68.8 Å². The summed E-state index contributed by atoms with van der Waals surface area (Å²) >= 11 is 0. The third-order valence-electron chi connectivity index (χ3n) is 14.3. The zero-order valence-electron chi connectivity index (χ0n) is 54.1. The lowest BCUT2D eigenvalue weighted by Gasteiger charge is -2.29. The highest BCUT2D eigenvalue weighted by molar-refractivity contribution is 6.00. The fourth-order valence-corrected chi connectivity index (χ4v) is 8.68. The normalized spacial score (nSPS) is 15.3. The standard InChI is InChI=1S/C57H94N18O22/c1-5-27(2)43(53(93)70-35(20-30-12-7-6-8-13-30)50(90)74-45(29(4)80)55(95)71-36(21-39(60)81)51(91)75-44(28(3)79)54(94)69-34(56(96)97)14-9-10-18-58)73-41(83)23-65-48(88)37(25-77)72-49(89)33(16-17-42(84)85)68-52(92)38(26-78)66-40(82)22-64-47(87)32(15-11-19-63-57(61)62)67-46(86)31(59)24-76/h6-8,12-13,27-29,31-38,43-45,76-80H,5,9-11,14-26,58-59H2,1-4H3,(H2,60,81)(H,64,87)(H,65,88)(H,66,82)(H,67,86)(H,68,92)(H,69,94)(H,70,93)(H,71,95)(H,72,89)(H,73,83)(H,74,90)(H,75,91)(H,84,85)(H,96,97)(H4,61,62,63)/t27-,28+,29+,31-,32-,33-,34-,35-,36-,37-,38-,43-,44-,45-/m0/s1. The van der Waals surface area contributed by atoms with Gasteiger partial charge in [-0.15, -0.1) is 0 Å². The van der Waals surface area contributed by atoms with Gasteiger partial charge in [0.2, 0.25) is 76.8 Å². The summed E-state index contributed by atoms with van der Waals surface area (Å²) in [6.45, 7) is 0.675. The molecule has 40 nitrogen and oxygen atoms in total. The number of aliphatic hydroxyl groups excluding tert-OH is 5. The molecule has 0 saturated carbocycles. The van der Waals surface area contributed by atoms with E-state index in [1.165, 1.54) is 6.92 Å². The molecule has 40 heteroatoms. The summed E-state index contributed by atoms with van der Waals surface area (Å²) in [5.74, 6) is -18.8. The lowest BCUT2D eigenvalue weighted by molar-refractivity contribution is -0.143. The largest absolute Gasteiger partial charge is 0.481 e. The van der Waals surface area contributed by atoms with E-state index >= 15 is 0 Å². The Kier molecular flexibility index (Phi) is 39.4. The summed E-state index contributed by atoms with van der Waals surface area (Å²) < 4.78 is 0. The van der Waals surface area contributed by atoms with Crippen LogP contribution >= 0.6 is 0 Å². The average molecular weight is 1380 g/mol. The van der Waals surface area contributed by atoms with Crippen LogP contribution in [0.4, 0.5) is 0 Å². The number of nitrogens with one attached hydrogen (secondary N) is 12. The quantitative estimate of drug-likeness (QED) is 0.0164. The minimum Gasteiger partial charge on any atom is -0.481 e. The monoisotopic (exact) mass is 1380 g/mol. The van der Waals surface area contributed by atoms with Crippen molar-refractivity contribution in [2.75, 3.05) is 46.0 Å². The molecule has 0 aliphatic heterocycles. The van der Waals surface area contributed by atoms with Gasteiger partial charge in [0.1, 0.15) is 66.5 Å². The molecule has 0 aliphatic rings. The van der Waals surface area contributed by atoms with Crippen molar-refractivity contribution in [2.45, 2.75) is 171 Å². The fraction of sp³-hybridized carbons (Fsp3) is 0.614. The lowest BCUT2D eigenvalue weighted by Crippen LogP contribution is -2.63. The first-order valence-electron chi connectivity index (χ1n) is 30.7. The van der Waals surface area contributed by atoms with E-state index in [0.29, 0.717) is 18.4 Å². The smallest absolute Gasteiger partial charge is 0.326 e. The second kappa shape index (κ2) is 44.8. The third-order valence-corrected chi connectivity index (χ3v) is 14.3. The minimum absolute atomic E-state index is 0.0300. The van der Waals surface area contributed by atoms with E-state index in [9.17, 15) is 108 Å². The highest BCUT2D eigenvalue weighted by Gasteiger charge is 2.38. The molecule has 97 heavy (non-hydrogen) atoms. The van der Waals surface area contributed by atoms with Gasteiger partial charge in [-0.3, -0.25) is 72.1 Å². The highest BCUT2D eigenvalue weighted by atomic mass is 16.4. The first-order valence-corrected chi connectivity index (χ1v) is 30.7. The van der Waals surface area contributed by atoms with E-state index in [4.69, 9.17) is 28.7 Å². The Bertz CT molecular complexity index is 2870. The molecule has 0 bridgehead atoms. The van der Waals surface area contributed by atoms with E-state index in [1.54, 1.807) is 37.3 Å². The number of aliphatic carboxylic acids is 2. The molecule has 0 fully saturated rings. The van der Waals surface area contributed by atoms with E-state index < -0.39 is 225 Å². The lowest BCUT2D eigenvalue weighted by atomic mass is 9.97. The van der Waals surface area contributed by atoms with Gasteiger partial charge in [-0.25, -0.2) is 4.79 Å². The molecule has 1 aromatic carbocycles. The van der Waals surface area contributed by atoms with Crippen LogP contribution < -0.4 is 92.5 Å². The molecule has 1 rings (SSSR count). The first kappa shape index (κ1) is 85.3. The number of hydrogen-bond donors (Lipinski definition) is 24. The number of benzene rings is 1. The van der Waals surface area contributed by atoms with E-state index in [-0.39, 0.29) is 51.2 Å². The van der Waals surface area contributed by atoms with Crippen LogP contribution in [0.15, 0.2) is 35.3 Å². The van der Waals surface area contributed by atoms with Crippen molar-refractivity contribution >= 4 is 94.7 Å². The molecule has 544 valence electrons. The molecule has 0 saturated heterocycles. The number of hydrogen-bond acceptors (Lipinski definition) is 23. The first-order chi connectivity index (χ1) is 45.6. The van der Waals surface area contributed by atoms with Gasteiger partial charge < -0.3 is 128 Å². The molecular formula is C57H94N18O22. The number of carboxylic acid groups (broad SMARTS) is 2. The van der Waals surface area contributed by atoms with Crippen molar-refractivity contribution in [2.24, 2.45) is 39.6 Å². The number of aliphatic imine (C=N–C) groups is 1. The molecule has 0 spiro atoms. The number of aliphatic hydroxyl groups is 5. The second-order valence-corrected chi connectivity index (χ2v) is 22.3. The molecule has 13 amide bonds. The maximum absolute atomic E-state index is 14.2. The van der Waals surface area contributed by atoms with Gasteiger partial charge in [0.25, 0.3) is 0 Å². The van der Waals surface area contributed by atoms with Crippen molar-refractivity contribution in [1.82, 2.24) is 63.8 Å². The maximum Gasteiger partial charge on any atom is 0.326 e. The van der Waals surface area contributed by atoms with Crippen LogP contribution in [0.25, 0.3) is 0 Å². The summed E-state index contributed by atoms with van der Waals surface area (Å²) in [4.78, 5) is 201. The number of carbonyl (C=O) groups is 15. The van der Waals surface area contributed by atoms with Crippen molar-refractivity contribution in [3.63, 3.8) is 0 Å². The summed E-state index contributed by atoms with van der Waals surface area (Å²) in [5, 5.41) is 96.6. The van der Waals surface area contributed by atoms with Gasteiger partial charge in [0, 0.05) is 19.4 Å². The summed E-state index contributed by atoms with van der Waals surface area (Å²) in [6.07, 6.45) is -5.30. The van der Waals surface area contributed by atoms with Crippen molar-refractivity contribution in [3.05, 3.63) is 35.9 Å². The summed E-state index contributed by atoms with van der Waals surface area (Å²) in [6, 6.07) is -10.8. The van der Waals surface area contributed by atoms with Crippen LogP contribution in [0, 0.1) is 5.92 Å². The van der Waals surface area contributed by atoms with Gasteiger partial charge in [-0.05, 0) is 70.4 Å². The molecule has 0 aliphatic carbocycles. The number of guanidine groups is 1. The summed E-state index contributed by atoms with van der Waals surface area (Å²) in [5.41, 5.74) is 27.4. The fourth-order valence-electron chi connectivity index (χ4n) is 8.68. The van der Waals surface area contributed by atoms with Crippen molar-refractivity contribution in [1.29, 1.82) is 0 Å². The third kappa shape index (κ3) is 32.5. The van der Waals surface area contributed by atoms with Gasteiger partial charge in [-0.2, -0.15) is 0 Å². The van der Waals surface area contributed by atoms with Crippen LogP contribution in [-0.4, -0.2) is 255 Å². The van der Waals surface area contributed by atoms with Crippen LogP contribution in [-0.2, 0) is 78.3 Å². The zero-order valence-corrected chi connectivity index (χ0v) is 54.1. The maximum atomic E-state index is 14.2. The average Bonchev–Trinajstić information content (AvgIpc) is 0.866. The second-order valence-electron chi connectivity index (χ2n) is 22.3. The van der Waals surface area contributed by atoms with E-state index in [1.807, 2.05) is 0 Å². The molecule has 29 N–H and O–H groups in total. The van der Waals surface area contributed by atoms with Crippen molar-refractivity contribution in [3.8, 4) is 0 Å². The number of nitrogens with zero attached hydrogens (tertiary/aromatic N) is 1. The van der Waals surface area contributed by atoms with Crippen molar-refractivity contribution < 1.29 is 108 Å². The predicted molar refractivity (Wildman–Crippen MR) is 339 cm³/mol. The number of nitrogens with two attached hydrogens (primary N) is 5. The van der Waals surface area contributed by atoms with E-state index in [0.717, 1.165) is 13.8 Å². The van der Waals surface area contributed by atoms with Crippen LogP contribution in [0.1, 0.15) is 91.0 Å². The molecule has 0 aromatic heterocycles. The Morgan fingerprint density at radius 1 is 0.485 bits per heavy atom. The highest BCUT2D eigenvalue weighted by Crippen LogP contribution is 2.12. The number of rotatable bonds is 47. The Labute approximate surface area is 556 Å². The topological polar surface area (TPSA) is 684 Å². The number of unbranched alkanes of at least 4 members (excludes halogenated alkanes) is 1. The number of carboxylic acids is 2. The Balaban J connectivity index is 3.31. The number of amides is 13. The SMILES string of the molecule is CC[C@H](C)[C@H](NC(=O)CNC(=O)[C@H](CO)NC(=O)[C@H](CCC(=O)O)NC(=O)[C@H](CO)NC(=O)CNC(=O)[C@H](CCCN=C(N)N)NC(=O)[C@@H](N)CO)C(=O)N[C@@H](Cc1ccccc1)C(=O)N[C@H](C(=O)N[C@@H](CC(N)=O)C(=O)N[C@H](C(=O)N[C@@H](CCCCN)C(=O)O)[C@@H](C)O)[C@@H](C)O. The van der Waals surface area contributed by atoms with Gasteiger partial charge in [-0.1, -0.05) is 50.6 Å². The molecular weight excluding hydrogens is 1290 g/mol.